The van der Waals surface area contributed by atoms with Crippen LogP contribution >= 0.6 is 0 Å². The molecule has 4 heteroatoms. The van der Waals surface area contributed by atoms with Crippen LogP contribution in [-0.2, 0) is 19.0 Å². The van der Waals surface area contributed by atoms with Crippen molar-refractivity contribution in [3.05, 3.63) is 35.9 Å². The number of rotatable bonds is 1. The minimum atomic E-state index is -0.860. The molecule has 2 heterocycles. The molecule has 2 spiro atoms. The molecule has 1 saturated carbocycles. The van der Waals surface area contributed by atoms with E-state index in [1.807, 2.05) is 30.3 Å². The average molecular weight is 274 g/mol. The van der Waals surface area contributed by atoms with Gasteiger partial charge in [0.15, 0.2) is 6.10 Å². The van der Waals surface area contributed by atoms with Crippen molar-refractivity contribution in [2.45, 2.75) is 49.6 Å². The van der Waals surface area contributed by atoms with Gasteiger partial charge >= 0.3 is 5.97 Å². The minimum absolute atomic E-state index is 0.284. The number of carbonyl (C=O) groups excluding carboxylic acids is 1. The van der Waals surface area contributed by atoms with E-state index in [0.717, 1.165) is 44.3 Å². The quantitative estimate of drug-likeness (QED) is 0.739. The molecule has 4 nitrogen and oxygen atoms in total. The second kappa shape index (κ2) is 4.30. The lowest BCUT2D eigenvalue weighted by molar-refractivity contribution is -0.259. The molecule has 20 heavy (non-hydrogen) atoms. The van der Waals surface area contributed by atoms with Gasteiger partial charge in [0.25, 0.3) is 0 Å². The highest BCUT2D eigenvalue weighted by Gasteiger charge is 2.66. The number of esters is 1. The van der Waals surface area contributed by atoms with Gasteiger partial charge < -0.3 is 14.2 Å². The van der Waals surface area contributed by atoms with Crippen LogP contribution in [0, 0.1) is 0 Å². The normalized spacial score (nSPS) is 39.8. The highest BCUT2D eigenvalue weighted by Crippen LogP contribution is 2.55. The first-order valence-electron chi connectivity index (χ1n) is 7.34. The monoisotopic (exact) mass is 274 g/mol. The van der Waals surface area contributed by atoms with Crippen LogP contribution in [0.1, 0.15) is 43.8 Å². The van der Waals surface area contributed by atoms with Crippen LogP contribution in [0.5, 0.6) is 0 Å². The first kappa shape index (κ1) is 12.4. The van der Waals surface area contributed by atoms with Gasteiger partial charge in [0.1, 0.15) is 5.60 Å². The first-order valence-corrected chi connectivity index (χ1v) is 7.34. The van der Waals surface area contributed by atoms with Gasteiger partial charge in [-0.3, -0.25) is 0 Å². The number of hydrogen-bond donors (Lipinski definition) is 0. The fourth-order valence-electron chi connectivity index (χ4n) is 3.84. The molecule has 2 saturated heterocycles. The zero-order valence-corrected chi connectivity index (χ0v) is 11.3. The van der Waals surface area contributed by atoms with E-state index >= 15 is 0 Å². The summed E-state index contributed by atoms with van der Waals surface area (Å²) in [5.74, 6) is -1.14. The molecule has 4 rings (SSSR count). The molecule has 3 atom stereocenters. The van der Waals surface area contributed by atoms with Crippen molar-refractivity contribution in [3.63, 3.8) is 0 Å². The molecule has 1 aliphatic carbocycles. The Kier molecular flexibility index (Phi) is 2.66. The van der Waals surface area contributed by atoms with Crippen molar-refractivity contribution in [1.82, 2.24) is 0 Å². The van der Waals surface area contributed by atoms with Gasteiger partial charge in [0.2, 0.25) is 5.79 Å². The van der Waals surface area contributed by atoms with E-state index in [0.29, 0.717) is 0 Å². The third-order valence-electron chi connectivity index (χ3n) is 4.77. The number of carbonyl (C=O) groups is 1. The Morgan fingerprint density at radius 1 is 1.05 bits per heavy atom. The standard InChI is InChI=1S/C16H18O4/c17-14-13(12-6-2-1-3-7-12)19-16(20-14)10-4-8-15(16)9-5-11-18-15/h1-3,6-7,13H,4-5,8-11H2/t13-,15+,16?/m1/s1. The fraction of sp³-hybridized carbons (Fsp3) is 0.562. The van der Waals surface area contributed by atoms with E-state index in [9.17, 15) is 4.79 Å². The number of benzene rings is 1. The second-order valence-electron chi connectivity index (χ2n) is 5.88. The molecule has 1 unspecified atom stereocenters. The van der Waals surface area contributed by atoms with Gasteiger partial charge in [-0.1, -0.05) is 30.3 Å². The lowest BCUT2D eigenvalue weighted by Gasteiger charge is -2.37. The fourth-order valence-corrected chi connectivity index (χ4v) is 3.84. The summed E-state index contributed by atoms with van der Waals surface area (Å²) < 4.78 is 17.8. The van der Waals surface area contributed by atoms with E-state index < -0.39 is 17.5 Å². The van der Waals surface area contributed by atoms with Gasteiger partial charge in [0, 0.05) is 13.0 Å². The van der Waals surface area contributed by atoms with E-state index in [-0.39, 0.29) is 5.97 Å². The highest BCUT2D eigenvalue weighted by atomic mass is 16.8. The van der Waals surface area contributed by atoms with Crippen LogP contribution in [0.25, 0.3) is 0 Å². The van der Waals surface area contributed by atoms with Gasteiger partial charge in [-0.2, -0.15) is 0 Å². The zero-order valence-electron chi connectivity index (χ0n) is 11.3. The molecule has 0 aromatic heterocycles. The average Bonchev–Trinajstić information content (AvgIpc) is 3.15. The number of fused-ring (bicyclic) bond motifs is 1. The van der Waals surface area contributed by atoms with Crippen molar-refractivity contribution in [3.8, 4) is 0 Å². The molecule has 1 aromatic carbocycles. The molecule has 0 radical (unpaired) electrons. The summed E-state index contributed by atoms with van der Waals surface area (Å²) in [4.78, 5) is 12.3. The molecule has 0 bridgehead atoms. The van der Waals surface area contributed by atoms with Crippen LogP contribution in [0.3, 0.4) is 0 Å². The second-order valence-corrected chi connectivity index (χ2v) is 5.88. The summed E-state index contributed by atoms with van der Waals surface area (Å²) in [5.41, 5.74) is 0.445. The summed E-state index contributed by atoms with van der Waals surface area (Å²) in [7, 11) is 0. The number of hydrogen-bond acceptors (Lipinski definition) is 4. The molecule has 0 N–H and O–H groups in total. The van der Waals surface area contributed by atoms with Crippen molar-refractivity contribution < 1.29 is 19.0 Å². The Hall–Kier alpha value is -1.39. The Bertz CT molecular complexity index is 515. The third-order valence-corrected chi connectivity index (χ3v) is 4.77. The van der Waals surface area contributed by atoms with Gasteiger partial charge in [-0.05, 0) is 31.2 Å². The Morgan fingerprint density at radius 2 is 1.85 bits per heavy atom. The van der Waals surface area contributed by atoms with Crippen molar-refractivity contribution >= 4 is 5.97 Å². The van der Waals surface area contributed by atoms with Crippen molar-refractivity contribution in [1.29, 1.82) is 0 Å². The smallest absolute Gasteiger partial charge is 0.342 e. The van der Waals surface area contributed by atoms with E-state index in [4.69, 9.17) is 14.2 Å². The summed E-state index contributed by atoms with van der Waals surface area (Å²) in [6, 6.07) is 9.56. The van der Waals surface area contributed by atoms with Crippen molar-refractivity contribution in [2.75, 3.05) is 6.61 Å². The predicted octanol–water partition coefficient (Wildman–Crippen LogP) is 2.73. The van der Waals surface area contributed by atoms with Gasteiger partial charge in [-0.25, -0.2) is 4.79 Å². The highest BCUT2D eigenvalue weighted by molar-refractivity contribution is 5.78. The molecule has 1 aromatic rings. The van der Waals surface area contributed by atoms with Crippen LogP contribution in [-0.4, -0.2) is 24.0 Å². The van der Waals surface area contributed by atoms with E-state index in [1.165, 1.54) is 0 Å². The lowest BCUT2D eigenvalue weighted by atomic mass is 9.93. The van der Waals surface area contributed by atoms with Gasteiger partial charge in [0.05, 0.1) is 0 Å². The molecule has 106 valence electrons. The summed E-state index contributed by atoms with van der Waals surface area (Å²) in [6.45, 7) is 0.735. The molecule has 0 amide bonds. The summed E-state index contributed by atoms with van der Waals surface area (Å²) >= 11 is 0. The SMILES string of the molecule is O=C1OC2(CCC[C@]23CCCO3)O[C@@H]1c1ccccc1. The topological polar surface area (TPSA) is 44.8 Å². The largest absolute Gasteiger partial charge is 0.428 e. The predicted molar refractivity (Wildman–Crippen MR) is 70.9 cm³/mol. The van der Waals surface area contributed by atoms with Crippen molar-refractivity contribution in [2.24, 2.45) is 0 Å². The first-order chi connectivity index (χ1) is 9.75. The maximum absolute atomic E-state index is 12.3. The number of ether oxygens (including phenoxy) is 3. The summed E-state index contributed by atoms with van der Waals surface area (Å²) in [6.07, 6.45) is 3.95. The molecular weight excluding hydrogens is 256 g/mol. The molecule has 3 fully saturated rings. The van der Waals surface area contributed by atoms with Crippen LogP contribution < -0.4 is 0 Å². The molecular formula is C16H18O4. The maximum atomic E-state index is 12.3. The van der Waals surface area contributed by atoms with Gasteiger partial charge in [-0.15, -0.1) is 0 Å². The summed E-state index contributed by atoms with van der Waals surface area (Å²) in [5, 5.41) is 0. The maximum Gasteiger partial charge on any atom is 0.342 e. The van der Waals surface area contributed by atoms with Crippen LogP contribution in [0.2, 0.25) is 0 Å². The minimum Gasteiger partial charge on any atom is -0.428 e. The molecule has 2 aliphatic heterocycles. The lowest BCUT2D eigenvalue weighted by Crippen LogP contribution is -2.50. The Balaban J connectivity index is 1.67. The zero-order chi connectivity index (χ0) is 13.6. The van der Waals surface area contributed by atoms with E-state index in [1.54, 1.807) is 0 Å². The van der Waals surface area contributed by atoms with E-state index in [2.05, 4.69) is 0 Å². The van der Waals surface area contributed by atoms with Crippen LogP contribution in [0.15, 0.2) is 30.3 Å². The van der Waals surface area contributed by atoms with Crippen LogP contribution in [0.4, 0.5) is 0 Å². The Labute approximate surface area is 118 Å². The Morgan fingerprint density at radius 3 is 2.60 bits per heavy atom. The third kappa shape index (κ3) is 1.58. The molecule has 3 aliphatic rings.